The van der Waals surface area contributed by atoms with Crippen LogP contribution in [0.25, 0.3) is 0 Å². The van der Waals surface area contributed by atoms with Crippen LogP contribution in [0.2, 0.25) is 0 Å². The third-order valence-electron chi connectivity index (χ3n) is 3.83. The van der Waals surface area contributed by atoms with Gasteiger partial charge in [-0.25, -0.2) is 13.6 Å². The molecule has 0 aromatic heterocycles. The highest BCUT2D eigenvalue weighted by Gasteiger charge is 2.22. The normalized spacial score (nSPS) is 16.9. The summed E-state index contributed by atoms with van der Waals surface area (Å²) in [7, 11) is -3.70. The molecule has 1 aromatic rings. The maximum Gasteiger partial charge on any atom is 0.238 e. The predicted molar refractivity (Wildman–Crippen MR) is 79.5 cm³/mol. The van der Waals surface area contributed by atoms with Gasteiger partial charge in [0.2, 0.25) is 10.0 Å². The maximum atomic E-state index is 11.7. The lowest BCUT2D eigenvalue weighted by Gasteiger charge is -2.19. The van der Waals surface area contributed by atoms with E-state index in [1.807, 2.05) is 26.8 Å². The summed E-state index contributed by atoms with van der Waals surface area (Å²) in [6.45, 7) is 5.78. The molecule has 2 N–H and O–H groups in total. The van der Waals surface area contributed by atoms with E-state index >= 15 is 0 Å². The molecule has 0 saturated heterocycles. The summed E-state index contributed by atoms with van der Waals surface area (Å²) in [6, 6.07) is 3.48. The Morgan fingerprint density at radius 1 is 1.25 bits per heavy atom. The van der Waals surface area contributed by atoms with E-state index in [0.717, 1.165) is 29.7 Å². The maximum absolute atomic E-state index is 11.7. The van der Waals surface area contributed by atoms with Gasteiger partial charge in [0.15, 0.2) is 0 Å². The molecule has 1 aliphatic rings. The van der Waals surface area contributed by atoms with Crippen LogP contribution >= 0.6 is 0 Å². The predicted octanol–water partition coefficient (Wildman–Crippen LogP) is 3.09. The van der Waals surface area contributed by atoms with Crippen molar-refractivity contribution < 1.29 is 13.2 Å². The Labute approximate surface area is 121 Å². The third kappa shape index (κ3) is 3.33. The summed E-state index contributed by atoms with van der Waals surface area (Å²) < 4.78 is 29.4. The quantitative estimate of drug-likeness (QED) is 0.928. The van der Waals surface area contributed by atoms with Crippen LogP contribution < -0.4 is 9.88 Å². The molecule has 2 rings (SSSR count). The monoisotopic (exact) mass is 297 g/mol. The highest BCUT2D eigenvalue weighted by Crippen LogP contribution is 2.33. The van der Waals surface area contributed by atoms with E-state index < -0.39 is 10.0 Å². The van der Waals surface area contributed by atoms with Gasteiger partial charge in [-0.2, -0.15) is 0 Å². The van der Waals surface area contributed by atoms with E-state index in [4.69, 9.17) is 9.88 Å². The molecule has 4 nitrogen and oxygen atoms in total. The van der Waals surface area contributed by atoms with Crippen LogP contribution in [-0.2, 0) is 10.0 Å². The Morgan fingerprint density at radius 2 is 1.85 bits per heavy atom. The van der Waals surface area contributed by atoms with Crippen molar-refractivity contribution >= 4 is 10.0 Å². The fourth-order valence-corrected chi connectivity index (χ4v) is 3.65. The number of nitrogens with two attached hydrogens (primary N) is 1. The Bertz CT molecular complexity index is 587. The van der Waals surface area contributed by atoms with Crippen molar-refractivity contribution in [1.29, 1.82) is 0 Å². The number of rotatable bonds is 4. The van der Waals surface area contributed by atoms with Gasteiger partial charge in [-0.3, -0.25) is 0 Å². The summed E-state index contributed by atoms with van der Waals surface area (Å²) >= 11 is 0. The van der Waals surface area contributed by atoms with Gasteiger partial charge in [-0.1, -0.05) is 13.8 Å². The molecule has 0 atom stereocenters. The lowest BCUT2D eigenvalue weighted by Crippen LogP contribution is -2.17. The van der Waals surface area contributed by atoms with Gasteiger partial charge in [0.25, 0.3) is 0 Å². The lowest BCUT2D eigenvalue weighted by atomic mass is 10.0. The van der Waals surface area contributed by atoms with Crippen LogP contribution in [0.5, 0.6) is 5.75 Å². The first-order chi connectivity index (χ1) is 9.29. The molecule has 0 radical (unpaired) electrons. The van der Waals surface area contributed by atoms with E-state index in [9.17, 15) is 8.42 Å². The Kier molecular flexibility index (Phi) is 4.39. The van der Waals surface area contributed by atoms with Crippen LogP contribution in [-0.4, -0.2) is 14.5 Å². The molecule has 0 spiro atoms. The number of ether oxygens (including phenoxy) is 1. The second-order valence-corrected chi connectivity index (χ2v) is 7.41. The molecule has 0 heterocycles. The van der Waals surface area contributed by atoms with Gasteiger partial charge in [-0.15, -0.1) is 0 Å². The van der Waals surface area contributed by atoms with Gasteiger partial charge in [0, 0.05) is 0 Å². The largest absolute Gasteiger partial charge is 0.490 e. The van der Waals surface area contributed by atoms with E-state index in [0.29, 0.717) is 0 Å². The molecule has 20 heavy (non-hydrogen) atoms. The highest BCUT2D eigenvalue weighted by atomic mass is 32.2. The van der Waals surface area contributed by atoms with Crippen LogP contribution in [0.4, 0.5) is 0 Å². The molecule has 1 aliphatic carbocycles. The summed E-state index contributed by atoms with van der Waals surface area (Å²) in [5.74, 6) is 0.864. The molecular formula is C15H23NO3S. The van der Waals surface area contributed by atoms with Crippen molar-refractivity contribution in [3.8, 4) is 5.75 Å². The summed E-state index contributed by atoms with van der Waals surface area (Å²) in [4.78, 5) is 0.212. The van der Waals surface area contributed by atoms with Crippen molar-refractivity contribution in [3.63, 3.8) is 0 Å². The van der Waals surface area contributed by atoms with Crippen molar-refractivity contribution in [3.05, 3.63) is 23.3 Å². The molecule has 1 aromatic carbocycles. The molecule has 0 aliphatic heterocycles. The molecule has 0 unspecified atom stereocenters. The summed E-state index contributed by atoms with van der Waals surface area (Å²) in [5.41, 5.74) is 1.55. The van der Waals surface area contributed by atoms with Crippen LogP contribution in [0.15, 0.2) is 17.0 Å². The molecule has 112 valence electrons. The minimum absolute atomic E-state index is 0.0786. The molecular weight excluding hydrogens is 274 g/mol. The SMILES string of the molecule is Cc1cc(S(N)(=O)=O)c(C(C)C)cc1OC1CCCC1. The summed E-state index contributed by atoms with van der Waals surface area (Å²) in [5, 5.41) is 5.31. The zero-order valence-electron chi connectivity index (χ0n) is 12.3. The van der Waals surface area contributed by atoms with Crippen molar-refractivity contribution in [2.45, 2.75) is 63.4 Å². The number of aryl methyl sites for hydroxylation is 1. The van der Waals surface area contributed by atoms with Crippen molar-refractivity contribution in [2.24, 2.45) is 5.14 Å². The van der Waals surface area contributed by atoms with Gasteiger partial charge in [0.05, 0.1) is 11.0 Å². The average Bonchev–Trinajstić information content (AvgIpc) is 2.82. The van der Waals surface area contributed by atoms with Gasteiger partial charge in [-0.05, 0) is 61.8 Å². The first-order valence-electron chi connectivity index (χ1n) is 7.13. The molecule has 1 fully saturated rings. The number of primary sulfonamides is 1. The topological polar surface area (TPSA) is 69.4 Å². The first-order valence-corrected chi connectivity index (χ1v) is 8.67. The second kappa shape index (κ2) is 5.74. The minimum atomic E-state index is -3.70. The van der Waals surface area contributed by atoms with Gasteiger partial charge in [0.1, 0.15) is 5.75 Å². The highest BCUT2D eigenvalue weighted by molar-refractivity contribution is 7.89. The Hall–Kier alpha value is -1.07. The fraction of sp³-hybridized carbons (Fsp3) is 0.600. The van der Waals surface area contributed by atoms with E-state index in [2.05, 4.69) is 0 Å². The van der Waals surface area contributed by atoms with Gasteiger partial charge >= 0.3 is 0 Å². The smallest absolute Gasteiger partial charge is 0.238 e. The Balaban J connectivity index is 2.42. The molecule has 1 saturated carbocycles. The zero-order valence-corrected chi connectivity index (χ0v) is 13.2. The second-order valence-electron chi connectivity index (χ2n) is 5.88. The number of sulfonamides is 1. The van der Waals surface area contributed by atoms with Crippen LogP contribution in [0.1, 0.15) is 56.6 Å². The van der Waals surface area contributed by atoms with E-state index in [-0.39, 0.29) is 16.9 Å². The van der Waals surface area contributed by atoms with Crippen LogP contribution in [0.3, 0.4) is 0 Å². The van der Waals surface area contributed by atoms with Crippen molar-refractivity contribution in [1.82, 2.24) is 0 Å². The molecule has 0 amide bonds. The average molecular weight is 297 g/mol. The summed E-state index contributed by atoms with van der Waals surface area (Å²) in [6.07, 6.45) is 4.82. The number of hydrogen-bond donors (Lipinski definition) is 1. The Morgan fingerprint density at radius 3 is 2.35 bits per heavy atom. The lowest BCUT2D eigenvalue weighted by molar-refractivity contribution is 0.208. The molecule has 0 bridgehead atoms. The van der Waals surface area contributed by atoms with Gasteiger partial charge < -0.3 is 4.74 Å². The van der Waals surface area contributed by atoms with E-state index in [1.165, 1.54) is 12.8 Å². The standard InChI is InChI=1S/C15H23NO3S/c1-10(2)13-9-14(19-12-6-4-5-7-12)11(3)8-15(13)20(16,17)18/h8-10,12H,4-7H2,1-3H3,(H2,16,17,18). The fourth-order valence-electron chi connectivity index (χ4n) is 2.69. The number of hydrogen-bond acceptors (Lipinski definition) is 3. The van der Waals surface area contributed by atoms with E-state index in [1.54, 1.807) is 6.07 Å². The number of benzene rings is 1. The third-order valence-corrected chi connectivity index (χ3v) is 4.80. The minimum Gasteiger partial charge on any atom is -0.490 e. The molecule has 5 heteroatoms. The van der Waals surface area contributed by atoms with Crippen molar-refractivity contribution in [2.75, 3.05) is 0 Å². The first kappa shape index (κ1) is 15.3. The van der Waals surface area contributed by atoms with Crippen LogP contribution in [0, 0.1) is 6.92 Å². The zero-order chi connectivity index (χ0) is 14.9.